The molecule has 2 rings (SSSR count). The number of piperidine rings is 1. The van der Waals surface area contributed by atoms with E-state index >= 15 is 0 Å². The number of carbonyl (C=O) groups excluding carboxylic acids is 1. The first-order chi connectivity index (χ1) is 9.26. The molecular formula is C15H31Cl2N3O. The average Bonchev–Trinajstić information content (AvgIpc) is 2.93. The van der Waals surface area contributed by atoms with Crippen LogP contribution in [-0.4, -0.2) is 43.0 Å². The molecule has 0 radical (unpaired) electrons. The van der Waals surface area contributed by atoms with Crippen molar-refractivity contribution in [3.63, 3.8) is 0 Å². The van der Waals surface area contributed by atoms with Crippen molar-refractivity contribution in [1.82, 2.24) is 10.2 Å². The number of rotatable bonds is 5. The first-order valence-electron chi connectivity index (χ1n) is 7.98. The van der Waals surface area contributed by atoms with Gasteiger partial charge in [0.15, 0.2) is 0 Å². The zero-order chi connectivity index (χ0) is 13.7. The molecule has 4 nitrogen and oxygen atoms in total. The highest BCUT2D eigenvalue weighted by atomic mass is 35.5. The summed E-state index contributed by atoms with van der Waals surface area (Å²) in [5.41, 5.74) is 5.76. The molecule has 6 heteroatoms. The van der Waals surface area contributed by atoms with Gasteiger partial charge in [0.2, 0.25) is 5.91 Å². The van der Waals surface area contributed by atoms with E-state index in [2.05, 4.69) is 17.1 Å². The largest absolute Gasteiger partial charge is 0.354 e. The fourth-order valence-corrected chi connectivity index (χ4v) is 3.72. The molecule has 0 aromatic rings. The maximum Gasteiger partial charge on any atom is 0.223 e. The highest BCUT2D eigenvalue weighted by Crippen LogP contribution is 2.31. The third-order valence-electron chi connectivity index (χ3n) is 4.97. The van der Waals surface area contributed by atoms with Gasteiger partial charge in [-0.25, -0.2) is 0 Å². The van der Waals surface area contributed by atoms with Crippen molar-refractivity contribution in [1.29, 1.82) is 0 Å². The fraction of sp³-hybridized carbons (Fsp3) is 0.933. The maximum absolute atomic E-state index is 12.3. The molecule has 2 aliphatic rings. The van der Waals surface area contributed by atoms with Gasteiger partial charge in [-0.05, 0) is 51.2 Å². The monoisotopic (exact) mass is 339 g/mol. The van der Waals surface area contributed by atoms with Crippen LogP contribution < -0.4 is 11.1 Å². The van der Waals surface area contributed by atoms with Crippen molar-refractivity contribution >= 4 is 30.7 Å². The van der Waals surface area contributed by atoms with Crippen LogP contribution in [0.2, 0.25) is 0 Å². The van der Waals surface area contributed by atoms with Gasteiger partial charge in [-0.15, -0.1) is 24.8 Å². The molecule has 3 N–H and O–H groups in total. The predicted molar refractivity (Wildman–Crippen MR) is 92.3 cm³/mol. The van der Waals surface area contributed by atoms with Gasteiger partial charge in [0.1, 0.15) is 0 Å². The molecule has 1 saturated carbocycles. The molecule has 1 unspecified atom stereocenters. The van der Waals surface area contributed by atoms with Crippen molar-refractivity contribution in [3.05, 3.63) is 0 Å². The highest BCUT2D eigenvalue weighted by Gasteiger charge is 2.32. The topological polar surface area (TPSA) is 58.4 Å². The molecule has 1 aliphatic carbocycles. The molecule has 2 fully saturated rings. The summed E-state index contributed by atoms with van der Waals surface area (Å²) >= 11 is 0. The number of hydrogen-bond donors (Lipinski definition) is 2. The molecule has 1 saturated heterocycles. The first-order valence-corrected chi connectivity index (χ1v) is 7.98. The first kappa shape index (κ1) is 21.0. The molecule has 0 spiro atoms. The number of likely N-dealkylation sites (tertiary alicyclic amines) is 1. The number of amides is 1. The smallest absolute Gasteiger partial charge is 0.223 e. The van der Waals surface area contributed by atoms with E-state index in [0.29, 0.717) is 18.5 Å². The summed E-state index contributed by atoms with van der Waals surface area (Å²) in [7, 11) is 0. The van der Waals surface area contributed by atoms with Gasteiger partial charge in [0, 0.05) is 18.5 Å². The van der Waals surface area contributed by atoms with E-state index in [9.17, 15) is 4.79 Å². The van der Waals surface area contributed by atoms with E-state index in [0.717, 1.165) is 32.4 Å². The lowest BCUT2D eigenvalue weighted by molar-refractivity contribution is -0.126. The predicted octanol–water partition coefficient (Wildman–Crippen LogP) is 2.20. The Morgan fingerprint density at radius 2 is 1.95 bits per heavy atom. The third kappa shape index (κ3) is 5.59. The summed E-state index contributed by atoms with van der Waals surface area (Å²) in [6.07, 6.45) is 7.13. The lowest BCUT2D eigenvalue weighted by Gasteiger charge is -2.35. The van der Waals surface area contributed by atoms with Crippen LogP contribution in [-0.2, 0) is 4.79 Å². The summed E-state index contributed by atoms with van der Waals surface area (Å²) in [6.45, 7) is 5.96. The lowest BCUT2D eigenvalue weighted by Crippen LogP contribution is -2.48. The summed E-state index contributed by atoms with van der Waals surface area (Å²) in [4.78, 5) is 14.8. The minimum atomic E-state index is 0. The fourth-order valence-electron chi connectivity index (χ4n) is 3.72. The Kier molecular flexibility index (Phi) is 10.6. The van der Waals surface area contributed by atoms with Gasteiger partial charge in [-0.2, -0.15) is 0 Å². The van der Waals surface area contributed by atoms with E-state index in [1.54, 1.807) is 0 Å². The quantitative estimate of drug-likeness (QED) is 0.807. The standard InChI is InChI=1S/C15H29N3O.2ClH/c1-2-18-9-4-3-7-13(18)11-17-15(19)14-8-5-6-12(14)10-16;;/h12-14H,2-11,16H2,1H3,(H,17,19);2*1H/t12-,13?,14-;;/m1../s1. The van der Waals surface area contributed by atoms with Gasteiger partial charge in [-0.1, -0.05) is 19.8 Å². The van der Waals surface area contributed by atoms with Crippen LogP contribution in [0.15, 0.2) is 0 Å². The lowest BCUT2D eigenvalue weighted by atomic mass is 9.95. The van der Waals surface area contributed by atoms with Crippen molar-refractivity contribution in [2.45, 2.75) is 51.5 Å². The van der Waals surface area contributed by atoms with Gasteiger partial charge < -0.3 is 11.1 Å². The van der Waals surface area contributed by atoms with Crippen LogP contribution in [0.3, 0.4) is 0 Å². The average molecular weight is 340 g/mol. The number of nitrogens with zero attached hydrogens (tertiary/aromatic N) is 1. The summed E-state index contributed by atoms with van der Waals surface area (Å²) in [6, 6.07) is 0.542. The number of hydrogen-bond acceptors (Lipinski definition) is 3. The van der Waals surface area contributed by atoms with E-state index in [4.69, 9.17) is 5.73 Å². The maximum atomic E-state index is 12.3. The molecule has 3 atom stereocenters. The van der Waals surface area contributed by atoms with E-state index in [1.807, 2.05) is 0 Å². The molecule has 21 heavy (non-hydrogen) atoms. The Balaban J connectivity index is 0.00000200. The minimum Gasteiger partial charge on any atom is -0.354 e. The number of nitrogens with one attached hydrogen (secondary N) is 1. The number of likely N-dealkylation sites (N-methyl/N-ethyl adjacent to an activating group) is 1. The zero-order valence-electron chi connectivity index (χ0n) is 13.1. The van der Waals surface area contributed by atoms with E-state index < -0.39 is 0 Å². The van der Waals surface area contributed by atoms with Crippen molar-refractivity contribution < 1.29 is 4.79 Å². The van der Waals surface area contributed by atoms with E-state index in [1.165, 1.54) is 25.8 Å². The van der Waals surface area contributed by atoms with Crippen LogP contribution >= 0.6 is 24.8 Å². The van der Waals surface area contributed by atoms with Crippen molar-refractivity contribution in [2.75, 3.05) is 26.2 Å². The molecule has 1 amide bonds. The third-order valence-corrected chi connectivity index (χ3v) is 4.97. The molecule has 1 heterocycles. The Labute approximate surface area is 141 Å². The van der Waals surface area contributed by atoms with Crippen LogP contribution in [0.25, 0.3) is 0 Å². The molecule has 1 aliphatic heterocycles. The highest BCUT2D eigenvalue weighted by molar-refractivity contribution is 5.85. The number of carbonyl (C=O) groups is 1. The van der Waals surface area contributed by atoms with Gasteiger partial charge in [0.25, 0.3) is 0 Å². The Hall–Kier alpha value is -0.0300. The second kappa shape index (κ2) is 10.7. The molecular weight excluding hydrogens is 309 g/mol. The van der Waals surface area contributed by atoms with Gasteiger partial charge in [0.05, 0.1) is 0 Å². The number of halogens is 2. The summed E-state index contributed by atoms with van der Waals surface area (Å²) in [5, 5.41) is 3.19. The van der Waals surface area contributed by atoms with E-state index in [-0.39, 0.29) is 36.6 Å². The van der Waals surface area contributed by atoms with Crippen molar-refractivity contribution in [3.8, 4) is 0 Å². The normalized spacial score (nSPS) is 29.3. The SMILES string of the molecule is CCN1CCCCC1CNC(=O)[C@@H]1CCC[C@@H]1CN.Cl.Cl. The van der Waals surface area contributed by atoms with Gasteiger partial charge >= 0.3 is 0 Å². The van der Waals surface area contributed by atoms with Gasteiger partial charge in [-0.3, -0.25) is 9.69 Å². The Morgan fingerprint density at radius 3 is 2.62 bits per heavy atom. The Morgan fingerprint density at radius 1 is 1.19 bits per heavy atom. The molecule has 0 aromatic heterocycles. The van der Waals surface area contributed by atoms with Crippen LogP contribution in [0.5, 0.6) is 0 Å². The zero-order valence-corrected chi connectivity index (χ0v) is 14.7. The van der Waals surface area contributed by atoms with Crippen LogP contribution in [0, 0.1) is 11.8 Å². The minimum absolute atomic E-state index is 0. The van der Waals surface area contributed by atoms with Crippen molar-refractivity contribution in [2.24, 2.45) is 17.6 Å². The summed E-state index contributed by atoms with van der Waals surface area (Å²) in [5.74, 6) is 0.826. The number of nitrogens with two attached hydrogens (primary N) is 1. The van der Waals surface area contributed by atoms with Crippen LogP contribution in [0.1, 0.15) is 45.4 Å². The molecule has 126 valence electrons. The Bertz CT molecular complexity index is 305. The molecule has 0 bridgehead atoms. The van der Waals surface area contributed by atoms with Crippen LogP contribution in [0.4, 0.5) is 0 Å². The second-order valence-electron chi connectivity index (χ2n) is 6.06. The molecule has 0 aromatic carbocycles. The second-order valence-corrected chi connectivity index (χ2v) is 6.06. The summed E-state index contributed by atoms with van der Waals surface area (Å²) < 4.78 is 0.